The minimum absolute atomic E-state index is 0.0796. The zero-order valence-electron chi connectivity index (χ0n) is 17.0. The number of ether oxygens (including phenoxy) is 1. The third-order valence-corrected chi connectivity index (χ3v) is 6.47. The van der Waals surface area contributed by atoms with Gasteiger partial charge in [-0.2, -0.15) is 5.10 Å². The molecular weight excluding hydrogens is 406 g/mol. The molecule has 1 saturated heterocycles. The van der Waals surface area contributed by atoms with Crippen LogP contribution in [0.15, 0.2) is 30.3 Å². The number of aromatic nitrogens is 2. The summed E-state index contributed by atoms with van der Waals surface area (Å²) >= 11 is 6.47. The molecule has 2 heterocycles. The molecule has 7 nitrogen and oxygen atoms in total. The Morgan fingerprint density at radius 3 is 2.37 bits per heavy atom. The number of rotatable bonds is 5. The molecule has 2 amide bonds. The first-order valence-electron chi connectivity index (χ1n) is 10.2. The molecule has 0 N–H and O–H groups in total. The number of carbonyl (C=O) groups excluding carboxylic acids is 3. The third kappa shape index (κ3) is 3.51. The Bertz CT molecular complexity index is 964. The van der Waals surface area contributed by atoms with Gasteiger partial charge in [0.05, 0.1) is 23.2 Å². The number of halogens is 1. The molecule has 2 fully saturated rings. The molecule has 4 rings (SSSR count). The van der Waals surface area contributed by atoms with Crippen molar-refractivity contribution in [2.24, 2.45) is 11.8 Å². The maximum absolute atomic E-state index is 12.7. The molecule has 1 aromatic carbocycles. The Labute approximate surface area is 179 Å². The Balaban J connectivity index is 1.46. The van der Waals surface area contributed by atoms with Crippen LogP contribution < -0.4 is 0 Å². The monoisotopic (exact) mass is 429 g/mol. The Morgan fingerprint density at radius 1 is 1.17 bits per heavy atom. The van der Waals surface area contributed by atoms with E-state index in [1.54, 1.807) is 11.6 Å². The predicted molar refractivity (Wildman–Crippen MR) is 110 cm³/mol. The molecule has 0 radical (unpaired) electrons. The Hall–Kier alpha value is -2.67. The molecule has 30 heavy (non-hydrogen) atoms. The van der Waals surface area contributed by atoms with Crippen molar-refractivity contribution in [1.29, 1.82) is 0 Å². The van der Waals surface area contributed by atoms with Gasteiger partial charge < -0.3 is 4.74 Å². The van der Waals surface area contributed by atoms with Gasteiger partial charge in [0, 0.05) is 5.56 Å². The van der Waals surface area contributed by atoms with E-state index in [4.69, 9.17) is 16.3 Å². The maximum atomic E-state index is 12.7. The molecule has 1 aliphatic carbocycles. The van der Waals surface area contributed by atoms with Gasteiger partial charge in [-0.1, -0.05) is 42.6 Å². The molecule has 0 bridgehead atoms. The first-order valence-corrected chi connectivity index (χ1v) is 10.6. The van der Waals surface area contributed by atoms with Crippen LogP contribution in [0.3, 0.4) is 0 Å². The summed E-state index contributed by atoms with van der Waals surface area (Å²) in [5.41, 5.74) is 2.03. The smallest absolute Gasteiger partial charge is 0.329 e. The number of esters is 1. The van der Waals surface area contributed by atoms with Crippen LogP contribution in [0.2, 0.25) is 5.15 Å². The second-order valence-electron chi connectivity index (χ2n) is 7.93. The van der Waals surface area contributed by atoms with E-state index < -0.39 is 12.0 Å². The maximum Gasteiger partial charge on any atom is 0.329 e. The fourth-order valence-electron chi connectivity index (χ4n) is 4.37. The van der Waals surface area contributed by atoms with Crippen molar-refractivity contribution in [3.05, 3.63) is 46.7 Å². The molecule has 2 aromatic rings. The zero-order chi connectivity index (χ0) is 21.4. The lowest BCUT2D eigenvalue weighted by Crippen LogP contribution is -2.44. The number of fused-ring (bicyclic) bond motifs is 1. The van der Waals surface area contributed by atoms with E-state index in [1.807, 2.05) is 30.3 Å². The molecule has 3 unspecified atom stereocenters. The average Bonchev–Trinajstić information content (AvgIpc) is 3.19. The van der Waals surface area contributed by atoms with Crippen LogP contribution >= 0.6 is 11.6 Å². The molecular formula is C22H24ClN3O4. The molecule has 2 aliphatic rings. The van der Waals surface area contributed by atoms with Crippen LogP contribution in [0, 0.1) is 18.8 Å². The lowest BCUT2D eigenvalue weighted by molar-refractivity contribution is -0.159. The van der Waals surface area contributed by atoms with Crippen LogP contribution in [-0.2, 0) is 25.7 Å². The third-order valence-electron chi connectivity index (χ3n) is 6.08. The number of carbonyl (C=O) groups is 3. The summed E-state index contributed by atoms with van der Waals surface area (Å²) < 4.78 is 7.03. The fraction of sp³-hybridized carbons (Fsp3) is 0.455. The number of hydrogen-bond donors (Lipinski definition) is 0. The van der Waals surface area contributed by atoms with Gasteiger partial charge in [-0.25, -0.2) is 9.48 Å². The standard InChI is InChI=1S/C22H24ClN3O4/c1-13-18(19(23)26(24-13)15-8-4-3-5-9-15)12-30-22(29)14(2)25-20(27)16-10-6-7-11-17(16)21(25)28/h3-5,8-9,14,16-17H,6-7,10-12H2,1-2H3. The first-order chi connectivity index (χ1) is 14.4. The first kappa shape index (κ1) is 20.6. The summed E-state index contributed by atoms with van der Waals surface area (Å²) in [6, 6.07) is 8.45. The second-order valence-corrected chi connectivity index (χ2v) is 8.29. The number of para-hydroxylation sites is 1. The van der Waals surface area contributed by atoms with Gasteiger partial charge in [0.1, 0.15) is 17.8 Å². The lowest BCUT2D eigenvalue weighted by atomic mass is 9.81. The van der Waals surface area contributed by atoms with Gasteiger partial charge in [0.2, 0.25) is 11.8 Å². The summed E-state index contributed by atoms with van der Waals surface area (Å²) in [5, 5.41) is 4.79. The number of aryl methyl sites for hydroxylation is 1. The summed E-state index contributed by atoms with van der Waals surface area (Å²) in [6.45, 7) is 3.25. The van der Waals surface area contributed by atoms with Gasteiger partial charge in [-0.3, -0.25) is 14.5 Å². The molecule has 3 atom stereocenters. The zero-order valence-corrected chi connectivity index (χ0v) is 17.8. The van der Waals surface area contributed by atoms with Crippen molar-refractivity contribution in [1.82, 2.24) is 14.7 Å². The van der Waals surface area contributed by atoms with Gasteiger partial charge in [0.15, 0.2) is 0 Å². The fourth-order valence-corrected chi connectivity index (χ4v) is 4.70. The molecule has 1 aromatic heterocycles. The summed E-state index contributed by atoms with van der Waals surface area (Å²) in [7, 11) is 0. The SMILES string of the molecule is Cc1nn(-c2ccccc2)c(Cl)c1COC(=O)C(C)N1C(=O)C2CCCCC2C1=O. The van der Waals surface area contributed by atoms with Crippen molar-refractivity contribution in [3.63, 3.8) is 0 Å². The van der Waals surface area contributed by atoms with E-state index in [0.29, 0.717) is 29.3 Å². The quantitative estimate of drug-likeness (QED) is 0.537. The van der Waals surface area contributed by atoms with Crippen LogP contribution in [-0.4, -0.2) is 38.5 Å². The number of hydrogen-bond acceptors (Lipinski definition) is 5. The van der Waals surface area contributed by atoms with Crippen LogP contribution in [0.4, 0.5) is 0 Å². The van der Waals surface area contributed by atoms with Crippen LogP contribution in [0.25, 0.3) is 5.69 Å². The minimum Gasteiger partial charge on any atom is -0.459 e. The summed E-state index contributed by atoms with van der Waals surface area (Å²) in [5.74, 6) is -1.71. The molecule has 1 aliphatic heterocycles. The normalized spacial score (nSPS) is 22.2. The van der Waals surface area contributed by atoms with Gasteiger partial charge in [0.25, 0.3) is 0 Å². The van der Waals surface area contributed by atoms with E-state index in [9.17, 15) is 14.4 Å². The van der Waals surface area contributed by atoms with E-state index in [-0.39, 0.29) is 30.3 Å². The van der Waals surface area contributed by atoms with Crippen LogP contribution in [0.1, 0.15) is 43.9 Å². The van der Waals surface area contributed by atoms with Crippen molar-refractivity contribution in [2.45, 2.75) is 52.2 Å². The largest absolute Gasteiger partial charge is 0.459 e. The van der Waals surface area contributed by atoms with Crippen molar-refractivity contribution < 1.29 is 19.1 Å². The van der Waals surface area contributed by atoms with Crippen molar-refractivity contribution in [3.8, 4) is 5.69 Å². The highest BCUT2D eigenvalue weighted by Gasteiger charge is 2.51. The van der Waals surface area contributed by atoms with E-state index in [0.717, 1.165) is 23.4 Å². The average molecular weight is 430 g/mol. The van der Waals surface area contributed by atoms with Crippen molar-refractivity contribution in [2.75, 3.05) is 0 Å². The van der Waals surface area contributed by atoms with Gasteiger partial charge in [-0.15, -0.1) is 0 Å². The highest BCUT2D eigenvalue weighted by atomic mass is 35.5. The Morgan fingerprint density at radius 2 is 1.77 bits per heavy atom. The van der Waals surface area contributed by atoms with E-state index in [2.05, 4.69) is 5.10 Å². The molecule has 8 heteroatoms. The molecule has 158 valence electrons. The number of benzene rings is 1. The number of amides is 2. The summed E-state index contributed by atoms with van der Waals surface area (Å²) in [4.78, 5) is 39.2. The topological polar surface area (TPSA) is 81.5 Å². The molecule has 0 spiro atoms. The minimum atomic E-state index is -0.959. The predicted octanol–water partition coefficient (Wildman–Crippen LogP) is 3.44. The Kier molecular flexibility index (Phi) is 5.64. The van der Waals surface area contributed by atoms with E-state index >= 15 is 0 Å². The second kappa shape index (κ2) is 8.22. The number of nitrogens with zero attached hydrogens (tertiary/aromatic N) is 3. The lowest BCUT2D eigenvalue weighted by Gasteiger charge is -2.21. The van der Waals surface area contributed by atoms with Crippen LogP contribution in [0.5, 0.6) is 0 Å². The van der Waals surface area contributed by atoms with Crippen molar-refractivity contribution >= 4 is 29.4 Å². The number of likely N-dealkylation sites (tertiary alicyclic amines) is 1. The van der Waals surface area contributed by atoms with Gasteiger partial charge >= 0.3 is 5.97 Å². The highest BCUT2D eigenvalue weighted by molar-refractivity contribution is 6.30. The molecule has 1 saturated carbocycles. The van der Waals surface area contributed by atoms with E-state index in [1.165, 1.54) is 6.92 Å². The highest BCUT2D eigenvalue weighted by Crippen LogP contribution is 2.39. The summed E-state index contributed by atoms with van der Waals surface area (Å²) in [6.07, 6.45) is 3.30. The van der Waals surface area contributed by atoms with Gasteiger partial charge in [-0.05, 0) is 38.8 Å². The number of imide groups is 1.